The number of nitrogens with zero attached hydrogens (tertiary/aromatic N) is 2. The molecule has 0 aliphatic heterocycles. The number of carbonyl (C=O) groups is 1. The molecule has 4 rings (SSSR count). The van der Waals surface area contributed by atoms with Crippen molar-refractivity contribution in [2.45, 2.75) is 19.2 Å². The summed E-state index contributed by atoms with van der Waals surface area (Å²) in [5.74, 6) is -0.546. The van der Waals surface area contributed by atoms with Gasteiger partial charge in [-0.3, -0.25) is 19.4 Å². The lowest BCUT2D eigenvalue weighted by molar-refractivity contribution is -0.274. The van der Waals surface area contributed by atoms with Gasteiger partial charge < -0.3 is 15.4 Å². The molecule has 0 atom stereocenters. The van der Waals surface area contributed by atoms with Gasteiger partial charge in [0.15, 0.2) is 11.4 Å². The molecule has 0 radical (unpaired) electrons. The summed E-state index contributed by atoms with van der Waals surface area (Å²) in [6, 6.07) is 6.86. The van der Waals surface area contributed by atoms with E-state index >= 15 is 0 Å². The van der Waals surface area contributed by atoms with Gasteiger partial charge in [-0.05, 0) is 25.0 Å². The maximum atomic E-state index is 12.7. The van der Waals surface area contributed by atoms with Crippen LogP contribution in [0.1, 0.15) is 12.8 Å². The lowest BCUT2D eigenvalue weighted by atomic mass is 10.2. The van der Waals surface area contributed by atoms with Crippen LogP contribution in [-0.2, 0) is 11.8 Å². The number of para-hydroxylation sites is 2. The summed E-state index contributed by atoms with van der Waals surface area (Å²) in [4.78, 5) is 28.8. The minimum Gasteiger partial charge on any atom is -0.404 e. The number of hydrogen-bond acceptors (Lipinski definition) is 5. The lowest BCUT2D eigenvalue weighted by Gasteiger charge is -2.15. The predicted octanol–water partition coefficient (Wildman–Crippen LogP) is 3.25. The maximum Gasteiger partial charge on any atom is 0.573 e. The Labute approximate surface area is 161 Å². The molecule has 11 heteroatoms. The van der Waals surface area contributed by atoms with E-state index in [1.807, 2.05) is 0 Å². The van der Waals surface area contributed by atoms with Crippen molar-refractivity contribution in [1.82, 2.24) is 14.8 Å². The second-order valence-corrected chi connectivity index (χ2v) is 6.69. The van der Waals surface area contributed by atoms with E-state index in [9.17, 15) is 22.8 Å². The summed E-state index contributed by atoms with van der Waals surface area (Å²) in [6.07, 6.45) is -3.29. The number of aromatic nitrogens is 3. The molecule has 2 heterocycles. The number of anilines is 3. The second-order valence-electron chi connectivity index (χ2n) is 6.69. The average Bonchev–Trinajstić information content (AvgIpc) is 3.43. The molecule has 0 spiro atoms. The van der Waals surface area contributed by atoms with Crippen LogP contribution in [-0.4, -0.2) is 27.0 Å². The third-order valence-corrected chi connectivity index (χ3v) is 4.39. The van der Waals surface area contributed by atoms with Crippen molar-refractivity contribution in [2.24, 2.45) is 13.0 Å². The number of halogens is 3. The van der Waals surface area contributed by atoms with Gasteiger partial charge in [-0.15, -0.1) is 13.2 Å². The molecule has 0 saturated heterocycles. The Morgan fingerprint density at radius 2 is 2.00 bits per heavy atom. The van der Waals surface area contributed by atoms with Crippen LogP contribution in [0.4, 0.5) is 30.4 Å². The van der Waals surface area contributed by atoms with Crippen LogP contribution < -0.4 is 20.9 Å². The average molecular weight is 407 g/mol. The standard InChI is InChI=1S/C18H16F3N5O3/c1-26-17(28)14-11(22-10-4-2-3-5-12(10)29-18(19,20)21)8-13(23-15(14)25-26)24-16(27)9-6-7-9/h2-5,8-9H,6-7H2,1H3,(H3,22,23,24,25,27). The van der Waals surface area contributed by atoms with Gasteiger partial charge in [-0.25, -0.2) is 4.98 Å². The molecule has 0 unspecified atom stereocenters. The topological polar surface area (TPSA) is 101 Å². The summed E-state index contributed by atoms with van der Waals surface area (Å²) in [5.41, 5.74) is -0.0617. The zero-order chi connectivity index (χ0) is 20.8. The van der Waals surface area contributed by atoms with E-state index in [-0.39, 0.29) is 40.1 Å². The number of nitrogens with one attached hydrogen (secondary N) is 3. The number of H-pyrrole nitrogens is 1. The molecule has 3 N–H and O–H groups in total. The van der Waals surface area contributed by atoms with E-state index < -0.39 is 17.7 Å². The highest BCUT2D eigenvalue weighted by molar-refractivity contribution is 5.98. The summed E-state index contributed by atoms with van der Waals surface area (Å²) >= 11 is 0. The lowest BCUT2D eigenvalue weighted by Crippen LogP contribution is -2.18. The second kappa shape index (κ2) is 6.83. The third kappa shape index (κ3) is 4.03. The number of aryl methyl sites for hydroxylation is 1. The van der Waals surface area contributed by atoms with Crippen LogP contribution in [0.2, 0.25) is 0 Å². The van der Waals surface area contributed by atoms with Gasteiger partial charge in [0.05, 0.1) is 11.4 Å². The van der Waals surface area contributed by atoms with Crippen molar-refractivity contribution in [1.29, 1.82) is 0 Å². The molecule has 1 aromatic carbocycles. The fourth-order valence-corrected chi connectivity index (χ4v) is 2.88. The first-order valence-electron chi connectivity index (χ1n) is 8.73. The SMILES string of the molecule is Cn1[nH]c2nc(NC(=O)C3CC3)cc(Nc3ccccc3OC(F)(F)F)c2c1=O. The number of fused-ring (bicyclic) bond motifs is 1. The number of hydrogen-bond donors (Lipinski definition) is 3. The molecule has 1 aliphatic carbocycles. The molecule has 1 amide bonds. The van der Waals surface area contributed by atoms with Crippen molar-refractivity contribution < 1.29 is 22.7 Å². The van der Waals surface area contributed by atoms with Crippen LogP contribution in [0.5, 0.6) is 5.75 Å². The molecular weight excluding hydrogens is 391 g/mol. The van der Waals surface area contributed by atoms with Crippen molar-refractivity contribution in [3.05, 3.63) is 40.7 Å². The zero-order valence-electron chi connectivity index (χ0n) is 15.1. The summed E-state index contributed by atoms with van der Waals surface area (Å²) in [7, 11) is 1.48. The summed E-state index contributed by atoms with van der Waals surface area (Å²) in [5, 5.41) is 8.36. The minimum atomic E-state index is -4.88. The highest BCUT2D eigenvalue weighted by atomic mass is 19.4. The number of carbonyl (C=O) groups excluding carboxylic acids is 1. The molecule has 29 heavy (non-hydrogen) atoms. The molecule has 2 aromatic heterocycles. The third-order valence-electron chi connectivity index (χ3n) is 4.39. The number of alkyl halides is 3. The highest BCUT2D eigenvalue weighted by Crippen LogP contribution is 2.35. The van der Waals surface area contributed by atoms with Crippen molar-refractivity contribution in [3.8, 4) is 5.75 Å². The Balaban J connectivity index is 1.76. The number of rotatable bonds is 5. The van der Waals surface area contributed by atoms with Crippen molar-refractivity contribution >= 4 is 34.1 Å². The molecular formula is C18H16F3N5O3. The first-order valence-corrected chi connectivity index (χ1v) is 8.73. The Kier molecular flexibility index (Phi) is 4.44. The van der Waals surface area contributed by atoms with Gasteiger partial charge in [-0.1, -0.05) is 12.1 Å². The molecule has 1 saturated carbocycles. The number of benzene rings is 1. The normalized spacial score (nSPS) is 14.1. The van der Waals surface area contributed by atoms with Gasteiger partial charge in [0, 0.05) is 19.0 Å². The summed E-state index contributed by atoms with van der Waals surface area (Å²) in [6.45, 7) is 0. The number of aromatic amines is 1. The molecule has 8 nitrogen and oxygen atoms in total. The Morgan fingerprint density at radius 3 is 2.69 bits per heavy atom. The van der Waals surface area contributed by atoms with Gasteiger partial charge in [0.1, 0.15) is 11.2 Å². The van der Waals surface area contributed by atoms with E-state index in [2.05, 4.69) is 25.5 Å². The van der Waals surface area contributed by atoms with Crippen LogP contribution in [0.25, 0.3) is 11.0 Å². The number of amides is 1. The van der Waals surface area contributed by atoms with Gasteiger partial charge >= 0.3 is 6.36 Å². The molecule has 1 fully saturated rings. The van der Waals surface area contributed by atoms with E-state index in [0.717, 1.165) is 18.9 Å². The number of pyridine rings is 1. The van der Waals surface area contributed by atoms with Crippen molar-refractivity contribution in [2.75, 3.05) is 10.6 Å². The summed E-state index contributed by atoms with van der Waals surface area (Å²) < 4.78 is 43.3. The van der Waals surface area contributed by atoms with Gasteiger partial charge in [0.25, 0.3) is 5.56 Å². The van der Waals surface area contributed by atoms with E-state index in [4.69, 9.17) is 0 Å². The van der Waals surface area contributed by atoms with E-state index in [1.165, 1.54) is 36.0 Å². The van der Waals surface area contributed by atoms with E-state index in [1.54, 1.807) is 0 Å². The molecule has 1 aliphatic rings. The molecule has 0 bridgehead atoms. The largest absolute Gasteiger partial charge is 0.573 e. The quantitative estimate of drug-likeness (QED) is 0.603. The number of ether oxygens (including phenoxy) is 1. The fourth-order valence-electron chi connectivity index (χ4n) is 2.88. The van der Waals surface area contributed by atoms with Crippen LogP contribution in [0, 0.1) is 5.92 Å². The van der Waals surface area contributed by atoms with Crippen LogP contribution >= 0.6 is 0 Å². The minimum absolute atomic E-state index is 0.0000440. The smallest absolute Gasteiger partial charge is 0.404 e. The fraction of sp³-hybridized carbons (Fsp3) is 0.278. The zero-order valence-corrected chi connectivity index (χ0v) is 15.1. The van der Waals surface area contributed by atoms with Crippen LogP contribution in [0.3, 0.4) is 0 Å². The Bertz CT molecular complexity index is 1150. The van der Waals surface area contributed by atoms with Gasteiger partial charge in [0.2, 0.25) is 5.91 Å². The first-order chi connectivity index (χ1) is 13.7. The Morgan fingerprint density at radius 1 is 1.28 bits per heavy atom. The maximum absolute atomic E-state index is 12.7. The Hall–Kier alpha value is -3.50. The molecule has 3 aromatic rings. The monoisotopic (exact) mass is 407 g/mol. The van der Waals surface area contributed by atoms with Crippen LogP contribution in [0.15, 0.2) is 35.1 Å². The predicted molar refractivity (Wildman–Crippen MR) is 99.1 cm³/mol. The first kappa shape index (κ1) is 18.8. The molecule has 152 valence electrons. The van der Waals surface area contributed by atoms with Gasteiger partial charge in [-0.2, -0.15) is 0 Å². The van der Waals surface area contributed by atoms with Crippen molar-refractivity contribution in [3.63, 3.8) is 0 Å². The van der Waals surface area contributed by atoms with E-state index in [0.29, 0.717) is 0 Å². The highest BCUT2D eigenvalue weighted by Gasteiger charge is 2.32.